The Hall–Kier alpha value is -3.67. The molecule has 2 aliphatic rings. The summed E-state index contributed by atoms with van der Waals surface area (Å²) in [5.41, 5.74) is 7.13. The van der Waals surface area contributed by atoms with Crippen LogP contribution in [0.15, 0.2) is 48.5 Å². The molecule has 0 saturated carbocycles. The van der Waals surface area contributed by atoms with Gasteiger partial charge in [-0.15, -0.1) is 0 Å². The van der Waals surface area contributed by atoms with E-state index in [1.54, 1.807) is 19.1 Å². The van der Waals surface area contributed by atoms with E-state index < -0.39 is 5.97 Å². The van der Waals surface area contributed by atoms with Gasteiger partial charge < -0.3 is 15.3 Å². The number of nitrogens with one attached hydrogen (secondary N) is 1. The Morgan fingerprint density at radius 1 is 1.18 bits per heavy atom. The predicted octanol–water partition coefficient (Wildman–Crippen LogP) is 5.04. The zero-order valence-electron chi connectivity index (χ0n) is 20.0. The van der Waals surface area contributed by atoms with E-state index in [9.17, 15) is 14.7 Å². The van der Waals surface area contributed by atoms with Crippen molar-refractivity contribution >= 4 is 17.6 Å². The van der Waals surface area contributed by atoms with Crippen LogP contribution in [0.1, 0.15) is 73.7 Å². The van der Waals surface area contributed by atoms with E-state index in [4.69, 9.17) is 0 Å². The highest BCUT2D eigenvalue weighted by Crippen LogP contribution is 2.48. The lowest BCUT2D eigenvalue weighted by Gasteiger charge is -2.45. The number of carboxylic acids is 1. The van der Waals surface area contributed by atoms with E-state index in [2.05, 4.69) is 40.6 Å². The SMILES string of the molecule is Cc1cc2c(c(C(C)Nc3ccc(C)nc3C(=O)O)c1)CC1(CCc3ccccc31)N(C)C2=O. The Balaban J connectivity index is 1.60. The summed E-state index contributed by atoms with van der Waals surface area (Å²) in [5.74, 6) is -1.03. The van der Waals surface area contributed by atoms with Crippen molar-refractivity contribution in [3.63, 3.8) is 0 Å². The fraction of sp³-hybridized carbons (Fsp3) is 0.321. The number of pyridine rings is 1. The van der Waals surface area contributed by atoms with Crippen molar-refractivity contribution in [2.24, 2.45) is 0 Å². The van der Waals surface area contributed by atoms with Gasteiger partial charge in [0.15, 0.2) is 5.69 Å². The molecule has 0 saturated heterocycles. The Morgan fingerprint density at radius 2 is 1.94 bits per heavy atom. The van der Waals surface area contributed by atoms with Crippen molar-refractivity contribution in [1.29, 1.82) is 0 Å². The van der Waals surface area contributed by atoms with Gasteiger partial charge in [0.2, 0.25) is 0 Å². The fourth-order valence-corrected chi connectivity index (χ4v) is 5.75. The maximum atomic E-state index is 13.7. The molecule has 2 aromatic carbocycles. The number of rotatable bonds is 4. The second-order valence-corrected chi connectivity index (χ2v) is 9.63. The number of benzene rings is 2. The highest BCUT2D eigenvalue weighted by Gasteiger charge is 2.48. The number of aromatic nitrogens is 1. The van der Waals surface area contributed by atoms with Crippen LogP contribution in [0.4, 0.5) is 5.69 Å². The van der Waals surface area contributed by atoms with Crippen molar-refractivity contribution < 1.29 is 14.7 Å². The molecular formula is C28H29N3O3. The highest BCUT2D eigenvalue weighted by atomic mass is 16.4. The first kappa shape index (κ1) is 22.1. The number of hydrogen-bond donors (Lipinski definition) is 2. The number of carboxylic acid groups (broad SMARTS) is 1. The van der Waals surface area contributed by atoms with Crippen LogP contribution in [-0.4, -0.2) is 33.9 Å². The highest BCUT2D eigenvalue weighted by molar-refractivity contribution is 5.98. The Bertz CT molecular complexity index is 1330. The molecule has 2 heterocycles. The number of likely N-dealkylation sites (N-methyl/N-ethyl adjacent to an activating group) is 1. The summed E-state index contributed by atoms with van der Waals surface area (Å²) in [4.78, 5) is 31.6. The van der Waals surface area contributed by atoms with Gasteiger partial charge in [-0.3, -0.25) is 4.79 Å². The van der Waals surface area contributed by atoms with Crippen LogP contribution in [0.5, 0.6) is 0 Å². The number of aromatic carboxylic acids is 1. The summed E-state index contributed by atoms with van der Waals surface area (Å²) in [5, 5.41) is 13.0. The van der Waals surface area contributed by atoms with Gasteiger partial charge in [0.05, 0.1) is 11.2 Å². The van der Waals surface area contributed by atoms with E-state index in [0.29, 0.717) is 11.4 Å². The zero-order chi connectivity index (χ0) is 24.2. The largest absolute Gasteiger partial charge is 0.476 e. The molecule has 0 fully saturated rings. The van der Waals surface area contributed by atoms with E-state index in [1.165, 1.54) is 11.1 Å². The minimum absolute atomic E-state index is 0.00497. The van der Waals surface area contributed by atoms with Crippen molar-refractivity contribution in [1.82, 2.24) is 9.88 Å². The Morgan fingerprint density at radius 3 is 2.71 bits per heavy atom. The molecule has 1 spiro atoms. The van der Waals surface area contributed by atoms with Crippen LogP contribution in [0.2, 0.25) is 0 Å². The van der Waals surface area contributed by atoms with Crippen molar-refractivity contribution in [3.8, 4) is 0 Å². The lowest BCUT2D eigenvalue weighted by atomic mass is 9.76. The van der Waals surface area contributed by atoms with Crippen LogP contribution in [0.25, 0.3) is 0 Å². The molecule has 0 radical (unpaired) electrons. The van der Waals surface area contributed by atoms with Gasteiger partial charge in [-0.1, -0.05) is 30.3 Å². The third-order valence-electron chi connectivity index (χ3n) is 7.48. The molecule has 174 valence electrons. The van der Waals surface area contributed by atoms with Crippen LogP contribution >= 0.6 is 0 Å². The number of amides is 1. The lowest BCUT2D eigenvalue weighted by molar-refractivity contribution is 0.0503. The first-order valence-corrected chi connectivity index (χ1v) is 11.7. The van der Waals surface area contributed by atoms with Gasteiger partial charge in [-0.2, -0.15) is 0 Å². The average Bonchev–Trinajstić information content (AvgIpc) is 3.18. The number of hydrogen-bond acceptors (Lipinski definition) is 4. The molecule has 0 bridgehead atoms. The maximum Gasteiger partial charge on any atom is 0.356 e. The second kappa shape index (κ2) is 7.97. The molecule has 6 heteroatoms. The van der Waals surface area contributed by atoms with E-state index >= 15 is 0 Å². The Labute approximate surface area is 199 Å². The number of aryl methyl sites for hydroxylation is 3. The fourth-order valence-electron chi connectivity index (χ4n) is 5.75. The Kier molecular flexibility index (Phi) is 5.19. The molecule has 1 aliphatic carbocycles. The molecule has 1 aliphatic heterocycles. The molecule has 2 unspecified atom stereocenters. The molecule has 1 amide bonds. The molecular weight excluding hydrogens is 426 g/mol. The average molecular weight is 456 g/mol. The van der Waals surface area contributed by atoms with Crippen LogP contribution < -0.4 is 5.32 Å². The summed E-state index contributed by atoms with van der Waals surface area (Å²) in [6.07, 6.45) is 2.59. The van der Waals surface area contributed by atoms with Gasteiger partial charge in [-0.25, -0.2) is 9.78 Å². The zero-order valence-corrected chi connectivity index (χ0v) is 20.0. The van der Waals surface area contributed by atoms with E-state index in [-0.39, 0.29) is 23.2 Å². The number of carbonyl (C=O) groups is 2. The first-order chi connectivity index (χ1) is 16.2. The molecule has 34 heavy (non-hydrogen) atoms. The van der Waals surface area contributed by atoms with Crippen molar-refractivity contribution in [3.05, 3.63) is 93.3 Å². The number of anilines is 1. The van der Waals surface area contributed by atoms with Gasteiger partial charge in [-0.05, 0) is 79.6 Å². The third-order valence-corrected chi connectivity index (χ3v) is 7.48. The monoisotopic (exact) mass is 455 g/mol. The normalized spacial score (nSPS) is 19.6. The second-order valence-electron chi connectivity index (χ2n) is 9.63. The molecule has 2 N–H and O–H groups in total. The summed E-state index contributed by atoms with van der Waals surface area (Å²) in [6.45, 7) is 5.78. The summed E-state index contributed by atoms with van der Waals surface area (Å²) >= 11 is 0. The minimum atomic E-state index is -1.07. The maximum absolute atomic E-state index is 13.7. The van der Waals surface area contributed by atoms with Crippen LogP contribution in [0.3, 0.4) is 0 Å². The van der Waals surface area contributed by atoms with Crippen molar-refractivity contribution in [2.75, 3.05) is 12.4 Å². The number of fused-ring (bicyclic) bond motifs is 3. The number of carbonyl (C=O) groups excluding carboxylic acids is 1. The summed E-state index contributed by atoms with van der Waals surface area (Å²) in [7, 11) is 1.92. The minimum Gasteiger partial charge on any atom is -0.476 e. The summed E-state index contributed by atoms with van der Waals surface area (Å²) < 4.78 is 0. The van der Waals surface area contributed by atoms with Gasteiger partial charge in [0.25, 0.3) is 5.91 Å². The lowest BCUT2D eigenvalue weighted by Crippen LogP contribution is -2.51. The molecule has 6 nitrogen and oxygen atoms in total. The van der Waals surface area contributed by atoms with Gasteiger partial charge in [0.1, 0.15) is 0 Å². The van der Waals surface area contributed by atoms with E-state index in [1.807, 2.05) is 31.9 Å². The standard InChI is InChI=1S/C28H29N3O3/c1-16-13-20(18(3)30-24-10-9-17(2)29-25(24)27(33)34)22-15-28(31(4)26(32)21(22)14-16)12-11-19-7-5-6-8-23(19)28/h5-10,13-14,18,30H,11-12,15H2,1-4H3,(H,33,34). The molecule has 5 rings (SSSR count). The third kappa shape index (κ3) is 3.36. The van der Waals surface area contributed by atoms with Gasteiger partial charge >= 0.3 is 5.97 Å². The smallest absolute Gasteiger partial charge is 0.356 e. The van der Waals surface area contributed by atoms with Crippen LogP contribution in [-0.2, 0) is 18.4 Å². The quantitative estimate of drug-likeness (QED) is 0.576. The molecule has 1 aromatic heterocycles. The van der Waals surface area contributed by atoms with Crippen molar-refractivity contribution in [2.45, 2.75) is 51.6 Å². The molecule has 2 atom stereocenters. The summed E-state index contributed by atoms with van der Waals surface area (Å²) in [6, 6.07) is 15.9. The first-order valence-electron chi connectivity index (χ1n) is 11.7. The van der Waals surface area contributed by atoms with Gasteiger partial charge in [0, 0.05) is 30.8 Å². The van der Waals surface area contributed by atoms with Crippen LogP contribution in [0, 0.1) is 13.8 Å². The topological polar surface area (TPSA) is 82.5 Å². The number of nitrogens with zero attached hydrogens (tertiary/aromatic N) is 2. The van der Waals surface area contributed by atoms with E-state index in [0.717, 1.165) is 41.5 Å². The predicted molar refractivity (Wildman–Crippen MR) is 131 cm³/mol. The molecule has 3 aromatic rings.